The van der Waals surface area contributed by atoms with Crippen molar-refractivity contribution in [3.05, 3.63) is 44.4 Å². The van der Waals surface area contributed by atoms with E-state index in [0.717, 1.165) is 5.56 Å². The molecule has 0 unspecified atom stereocenters. The van der Waals surface area contributed by atoms with Gasteiger partial charge in [-0.3, -0.25) is 9.31 Å². The molecule has 0 fully saturated rings. The van der Waals surface area contributed by atoms with Crippen LogP contribution in [0.5, 0.6) is 0 Å². The summed E-state index contributed by atoms with van der Waals surface area (Å²) in [6.45, 7) is 0. The smallest absolute Gasteiger partial charge is 0.194 e. The second-order valence-corrected chi connectivity index (χ2v) is 6.66. The maximum Gasteiger partial charge on any atom is 0.194 e. The van der Waals surface area contributed by atoms with Crippen LogP contribution in [-0.2, 0) is 29.4 Å². The second kappa shape index (κ2) is 6.17. The van der Waals surface area contributed by atoms with E-state index < -0.39 is 10.8 Å². The van der Waals surface area contributed by atoms with Gasteiger partial charge >= 0.3 is 0 Å². The van der Waals surface area contributed by atoms with E-state index in [9.17, 15) is 4.21 Å². The van der Waals surface area contributed by atoms with Crippen LogP contribution in [-0.4, -0.2) is 19.0 Å². The molecule has 0 saturated carbocycles. The number of halogens is 2. The third-order valence-corrected chi connectivity index (χ3v) is 4.76. The minimum absolute atomic E-state index is 0.322. The number of nitrogens with zero attached hydrogens (tertiary/aromatic N) is 2. The summed E-state index contributed by atoms with van der Waals surface area (Å²) in [5.41, 5.74) is 0.807. The van der Waals surface area contributed by atoms with E-state index in [4.69, 9.17) is 35.4 Å². The molecule has 4 nitrogen and oxygen atoms in total. The minimum Gasteiger partial charge on any atom is -0.307 e. The van der Waals surface area contributed by atoms with Gasteiger partial charge in [0.15, 0.2) is 4.77 Å². The monoisotopic (exact) mass is 335 g/mol. The standard InChI is InChI=1S/C11H11Cl2N3OS2/c1-16-10(14-15-11(16)18)6-19(17)5-7-2-3-8(12)4-9(7)13/h2-4H,5-6H2,1H3,(H,15,18)/t19-/m0/s1. The Kier molecular flexibility index (Phi) is 4.78. The third-order valence-electron chi connectivity index (χ3n) is 2.59. The van der Waals surface area contributed by atoms with Gasteiger partial charge in [-0.1, -0.05) is 29.3 Å². The van der Waals surface area contributed by atoms with Crippen LogP contribution < -0.4 is 0 Å². The quantitative estimate of drug-likeness (QED) is 0.872. The Morgan fingerprint density at radius 2 is 2.16 bits per heavy atom. The molecule has 0 aliphatic carbocycles. The van der Waals surface area contributed by atoms with Crippen LogP contribution in [0.4, 0.5) is 0 Å². The first-order valence-electron chi connectivity index (χ1n) is 5.36. The van der Waals surface area contributed by atoms with Crippen molar-refractivity contribution in [1.29, 1.82) is 0 Å². The van der Waals surface area contributed by atoms with Crippen molar-refractivity contribution in [3.8, 4) is 0 Å². The first kappa shape index (κ1) is 14.7. The van der Waals surface area contributed by atoms with Gasteiger partial charge in [0.05, 0.1) is 11.5 Å². The van der Waals surface area contributed by atoms with Crippen LogP contribution in [0.2, 0.25) is 10.0 Å². The molecule has 2 aromatic rings. The highest BCUT2D eigenvalue weighted by Gasteiger charge is 2.10. The summed E-state index contributed by atoms with van der Waals surface area (Å²) < 4.78 is 14.3. The number of nitrogens with one attached hydrogen (secondary N) is 1. The fourth-order valence-electron chi connectivity index (χ4n) is 1.52. The number of H-pyrrole nitrogens is 1. The highest BCUT2D eigenvalue weighted by molar-refractivity contribution is 7.83. The Morgan fingerprint density at radius 1 is 1.42 bits per heavy atom. The Labute approximate surface area is 128 Å². The molecule has 0 aliphatic rings. The zero-order valence-corrected chi connectivity index (χ0v) is 13.2. The predicted octanol–water partition coefficient (Wildman–Crippen LogP) is 3.23. The molecular formula is C11H11Cl2N3OS2. The second-order valence-electron chi connectivity index (χ2n) is 3.97. The molecule has 1 aromatic heterocycles. The van der Waals surface area contributed by atoms with Crippen LogP contribution >= 0.6 is 35.4 Å². The Balaban J connectivity index is 2.09. The van der Waals surface area contributed by atoms with E-state index >= 15 is 0 Å². The number of benzene rings is 1. The average Bonchev–Trinajstić information content (AvgIpc) is 2.65. The Hall–Kier alpha value is -0.690. The highest BCUT2D eigenvalue weighted by Crippen LogP contribution is 2.22. The van der Waals surface area contributed by atoms with Gasteiger partial charge in [-0.2, -0.15) is 5.10 Å². The molecule has 1 N–H and O–H groups in total. The van der Waals surface area contributed by atoms with Crippen molar-refractivity contribution >= 4 is 46.2 Å². The Bertz CT molecular complexity index is 681. The third kappa shape index (κ3) is 3.66. The zero-order valence-electron chi connectivity index (χ0n) is 10.0. The van der Waals surface area contributed by atoms with E-state index in [1.165, 1.54) is 0 Å². The van der Waals surface area contributed by atoms with Crippen molar-refractivity contribution in [1.82, 2.24) is 14.8 Å². The topological polar surface area (TPSA) is 50.7 Å². The highest BCUT2D eigenvalue weighted by atomic mass is 35.5. The lowest BCUT2D eigenvalue weighted by Crippen LogP contribution is -2.05. The van der Waals surface area contributed by atoms with Crippen molar-refractivity contribution in [2.24, 2.45) is 7.05 Å². The first-order valence-corrected chi connectivity index (χ1v) is 8.02. The number of hydrogen-bond acceptors (Lipinski definition) is 3. The summed E-state index contributed by atoms with van der Waals surface area (Å²) in [6, 6.07) is 5.16. The molecule has 0 radical (unpaired) electrons. The van der Waals surface area contributed by atoms with Crippen LogP contribution in [0.25, 0.3) is 0 Å². The zero-order chi connectivity index (χ0) is 14.0. The lowest BCUT2D eigenvalue weighted by atomic mass is 10.2. The van der Waals surface area contributed by atoms with E-state index in [0.29, 0.717) is 32.1 Å². The van der Waals surface area contributed by atoms with Crippen molar-refractivity contribution in [2.75, 3.05) is 0 Å². The summed E-state index contributed by atoms with van der Waals surface area (Å²) in [5.74, 6) is 1.34. The lowest BCUT2D eigenvalue weighted by Gasteiger charge is -2.05. The van der Waals surface area contributed by atoms with Crippen molar-refractivity contribution in [3.63, 3.8) is 0 Å². The maximum absolute atomic E-state index is 12.1. The van der Waals surface area contributed by atoms with Gasteiger partial charge in [0.2, 0.25) is 0 Å². The number of rotatable bonds is 4. The fraction of sp³-hybridized carbons (Fsp3) is 0.273. The minimum atomic E-state index is -1.11. The number of aromatic nitrogens is 3. The number of aromatic amines is 1. The molecule has 0 saturated heterocycles. The molecule has 102 valence electrons. The molecule has 19 heavy (non-hydrogen) atoms. The van der Waals surface area contributed by atoms with Gasteiger partial charge in [-0.05, 0) is 29.9 Å². The Morgan fingerprint density at radius 3 is 2.74 bits per heavy atom. The molecule has 1 atom stereocenters. The van der Waals surface area contributed by atoms with Gasteiger partial charge in [-0.15, -0.1) is 0 Å². The van der Waals surface area contributed by atoms with Crippen LogP contribution in [0.15, 0.2) is 18.2 Å². The lowest BCUT2D eigenvalue weighted by molar-refractivity contribution is 0.679. The summed E-state index contributed by atoms with van der Waals surface area (Å²) in [6.07, 6.45) is 0. The molecule has 1 heterocycles. The van der Waals surface area contributed by atoms with Gasteiger partial charge < -0.3 is 4.57 Å². The van der Waals surface area contributed by atoms with Crippen LogP contribution in [0, 0.1) is 4.77 Å². The van der Waals surface area contributed by atoms with E-state index in [2.05, 4.69) is 10.2 Å². The first-order chi connectivity index (χ1) is 8.97. The average molecular weight is 336 g/mol. The summed E-state index contributed by atoms with van der Waals surface area (Å²) in [4.78, 5) is 0. The SMILES string of the molecule is Cn1c(C[S@@](=O)Cc2ccc(Cl)cc2Cl)n[nH]c1=S. The van der Waals surface area contributed by atoms with E-state index in [1.54, 1.807) is 29.8 Å². The van der Waals surface area contributed by atoms with Crippen molar-refractivity contribution < 1.29 is 4.21 Å². The fourth-order valence-corrected chi connectivity index (χ4v) is 3.47. The van der Waals surface area contributed by atoms with E-state index in [-0.39, 0.29) is 0 Å². The van der Waals surface area contributed by atoms with Gasteiger partial charge in [0.25, 0.3) is 0 Å². The molecule has 0 bridgehead atoms. The summed E-state index contributed by atoms with van der Waals surface area (Å²) in [7, 11) is 0.672. The largest absolute Gasteiger partial charge is 0.307 e. The predicted molar refractivity (Wildman–Crippen MR) is 80.4 cm³/mol. The summed E-state index contributed by atoms with van der Waals surface area (Å²) >= 11 is 16.9. The molecule has 0 spiro atoms. The van der Waals surface area contributed by atoms with Crippen LogP contribution in [0.1, 0.15) is 11.4 Å². The summed E-state index contributed by atoms with van der Waals surface area (Å²) in [5, 5.41) is 7.78. The van der Waals surface area contributed by atoms with Gasteiger partial charge in [-0.25, -0.2) is 0 Å². The molecule has 1 aromatic carbocycles. The molecule has 0 aliphatic heterocycles. The normalized spacial score (nSPS) is 12.6. The molecule has 0 amide bonds. The van der Waals surface area contributed by atoms with Crippen LogP contribution in [0.3, 0.4) is 0 Å². The molecular weight excluding hydrogens is 325 g/mol. The van der Waals surface area contributed by atoms with Gasteiger partial charge in [0.1, 0.15) is 5.82 Å². The molecule has 2 rings (SSSR count). The number of hydrogen-bond donors (Lipinski definition) is 1. The van der Waals surface area contributed by atoms with Crippen molar-refractivity contribution in [2.45, 2.75) is 11.5 Å². The molecule has 8 heteroatoms. The maximum atomic E-state index is 12.1. The van der Waals surface area contributed by atoms with E-state index in [1.807, 2.05) is 0 Å². The van der Waals surface area contributed by atoms with Gasteiger partial charge in [0, 0.05) is 27.9 Å².